The molecule has 1 aromatic rings. The lowest BCUT2D eigenvalue weighted by Gasteiger charge is -2.41. The van der Waals surface area contributed by atoms with Crippen molar-refractivity contribution in [2.45, 2.75) is 37.6 Å². The summed E-state index contributed by atoms with van der Waals surface area (Å²) in [5, 5.41) is 3.45. The van der Waals surface area contributed by atoms with Gasteiger partial charge in [0.15, 0.2) is 9.84 Å². The van der Waals surface area contributed by atoms with Gasteiger partial charge in [0.25, 0.3) is 0 Å². The van der Waals surface area contributed by atoms with Gasteiger partial charge in [-0.1, -0.05) is 19.1 Å². The van der Waals surface area contributed by atoms with Gasteiger partial charge in [-0.3, -0.25) is 0 Å². The van der Waals surface area contributed by atoms with Crippen LogP contribution in [-0.4, -0.2) is 39.3 Å². The summed E-state index contributed by atoms with van der Waals surface area (Å²) in [6.45, 7) is 8.70. The molecular weight excluding hydrogens is 272 g/mol. The van der Waals surface area contributed by atoms with E-state index in [-0.39, 0.29) is 11.3 Å². The summed E-state index contributed by atoms with van der Waals surface area (Å²) in [6.07, 6.45) is 0.643. The van der Waals surface area contributed by atoms with Crippen molar-refractivity contribution >= 4 is 15.5 Å². The number of para-hydroxylation sites is 1. The third kappa shape index (κ3) is 3.33. The molecule has 1 saturated heterocycles. The Bertz CT molecular complexity index is 567. The molecule has 0 amide bonds. The minimum atomic E-state index is -3.19. The van der Waals surface area contributed by atoms with Crippen molar-refractivity contribution in [2.75, 3.05) is 30.3 Å². The molecule has 2 rings (SSSR count). The Labute approximate surface area is 122 Å². The van der Waals surface area contributed by atoms with Crippen molar-refractivity contribution < 1.29 is 8.42 Å². The third-order valence-corrected chi connectivity index (χ3v) is 5.55. The van der Waals surface area contributed by atoms with Gasteiger partial charge < -0.3 is 10.2 Å². The standard InChI is InChI=1S/C15H24N2O2S/c1-4-11-20(18,19)14-8-6-5-7-13(14)17-10-9-16-15(2,3)12-17/h5-8,16H,4,9-12H2,1-3H3. The van der Waals surface area contributed by atoms with Crippen molar-refractivity contribution in [3.63, 3.8) is 0 Å². The van der Waals surface area contributed by atoms with Crippen LogP contribution in [0.15, 0.2) is 29.2 Å². The van der Waals surface area contributed by atoms with Gasteiger partial charge in [-0.2, -0.15) is 0 Å². The van der Waals surface area contributed by atoms with Crippen LogP contribution >= 0.6 is 0 Å². The van der Waals surface area contributed by atoms with Gasteiger partial charge in [0.2, 0.25) is 0 Å². The fourth-order valence-corrected chi connectivity index (χ4v) is 4.27. The maximum Gasteiger partial charge on any atom is 0.180 e. The van der Waals surface area contributed by atoms with Crippen molar-refractivity contribution in [3.8, 4) is 0 Å². The first kappa shape index (κ1) is 15.3. The van der Waals surface area contributed by atoms with Gasteiger partial charge >= 0.3 is 0 Å². The van der Waals surface area contributed by atoms with Crippen LogP contribution in [-0.2, 0) is 9.84 Å². The van der Waals surface area contributed by atoms with Crippen LogP contribution in [0.2, 0.25) is 0 Å². The van der Waals surface area contributed by atoms with Crippen LogP contribution < -0.4 is 10.2 Å². The number of piperazine rings is 1. The lowest BCUT2D eigenvalue weighted by molar-refractivity contribution is 0.352. The fraction of sp³-hybridized carbons (Fsp3) is 0.600. The Hall–Kier alpha value is -1.07. The number of anilines is 1. The molecule has 0 aromatic heterocycles. The molecule has 0 aliphatic carbocycles. The number of hydrogen-bond acceptors (Lipinski definition) is 4. The maximum atomic E-state index is 12.4. The molecule has 0 unspecified atom stereocenters. The minimum absolute atomic E-state index is 0.000119. The molecule has 1 heterocycles. The predicted octanol–water partition coefficient (Wildman–Crippen LogP) is 2.06. The average Bonchev–Trinajstić information content (AvgIpc) is 2.37. The maximum absolute atomic E-state index is 12.4. The lowest BCUT2D eigenvalue weighted by atomic mass is 10.0. The first-order valence-electron chi connectivity index (χ1n) is 7.17. The van der Waals surface area contributed by atoms with Crippen LogP contribution in [0.1, 0.15) is 27.2 Å². The molecule has 0 atom stereocenters. The van der Waals surface area contributed by atoms with Gasteiger partial charge in [0.05, 0.1) is 16.3 Å². The highest BCUT2D eigenvalue weighted by Crippen LogP contribution is 2.28. The van der Waals surface area contributed by atoms with Gasteiger partial charge in [0, 0.05) is 25.2 Å². The van der Waals surface area contributed by atoms with Gasteiger partial charge in [-0.25, -0.2) is 8.42 Å². The molecule has 1 fully saturated rings. The first-order valence-corrected chi connectivity index (χ1v) is 8.83. The van der Waals surface area contributed by atoms with Crippen LogP contribution in [0.25, 0.3) is 0 Å². The van der Waals surface area contributed by atoms with E-state index in [9.17, 15) is 8.42 Å². The van der Waals surface area contributed by atoms with E-state index in [1.54, 1.807) is 12.1 Å². The second-order valence-electron chi connectivity index (χ2n) is 6.02. The highest BCUT2D eigenvalue weighted by atomic mass is 32.2. The SMILES string of the molecule is CCCS(=O)(=O)c1ccccc1N1CCNC(C)(C)C1. The number of rotatable bonds is 4. The zero-order chi connectivity index (χ0) is 14.8. The van der Waals surface area contributed by atoms with Gasteiger partial charge in [-0.05, 0) is 32.4 Å². The summed E-state index contributed by atoms with van der Waals surface area (Å²) >= 11 is 0. The number of sulfone groups is 1. The van der Waals surface area contributed by atoms with E-state index in [1.165, 1.54) is 0 Å². The Balaban J connectivity index is 2.38. The summed E-state index contributed by atoms with van der Waals surface area (Å²) < 4.78 is 24.8. The van der Waals surface area contributed by atoms with Crippen molar-refractivity contribution in [1.82, 2.24) is 5.32 Å². The van der Waals surface area contributed by atoms with Crippen molar-refractivity contribution in [1.29, 1.82) is 0 Å². The van der Waals surface area contributed by atoms with E-state index in [2.05, 4.69) is 24.1 Å². The molecule has 1 aliphatic rings. The summed E-state index contributed by atoms with van der Waals surface area (Å²) in [5.41, 5.74) is 0.843. The molecule has 1 aliphatic heterocycles. The van der Waals surface area contributed by atoms with E-state index in [0.717, 1.165) is 25.3 Å². The molecule has 112 valence electrons. The van der Waals surface area contributed by atoms with E-state index in [1.807, 2.05) is 19.1 Å². The van der Waals surface area contributed by atoms with Crippen LogP contribution in [0.3, 0.4) is 0 Å². The Morgan fingerprint density at radius 1 is 1.30 bits per heavy atom. The molecule has 1 aromatic carbocycles. The van der Waals surface area contributed by atoms with Crippen molar-refractivity contribution in [2.24, 2.45) is 0 Å². The smallest absolute Gasteiger partial charge is 0.180 e. The topological polar surface area (TPSA) is 49.4 Å². The van der Waals surface area contributed by atoms with Crippen LogP contribution in [0.4, 0.5) is 5.69 Å². The van der Waals surface area contributed by atoms with Crippen LogP contribution in [0.5, 0.6) is 0 Å². The average molecular weight is 296 g/mol. The second kappa shape index (κ2) is 5.74. The molecule has 0 saturated carbocycles. The van der Waals surface area contributed by atoms with E-state index in [4.69, 9.17) is 0 Å². The summed E-state index contributed by atoms with van der Waals surface area (Å²) in [6, 6.07) is 7.37. The quantitative estimate of drug-likeness (QED) is 0.924. The molecular formula is C15H24N2O2S. The van der Waals surface area contributed by atoms with E-state index < -0.39 is 9.84 Å². The van der Waals surface area contributed by atoms with E-state index in [0.29, 0.717) is 11.3 Å². The second-order valence-corrected chi connectivity index (χ2v) is 8.10. The Kier molecular flexibility index (Phi) is 4.39. The van der Waals surface area contributed by atoms with Gasteiger partial charge in [-0.15, -0.1) is 0 Å². The van der Waals surface area contributed by atoms with E-state index >= 15 is 0 Å². The van der Waals surface area contributed by atoms with Gasteiger partial charge in [0.1, 0.15) is 0 Å². The molecule has 1 N–H and O–H groups in total. The fourth-order valence-electron chi connectivity index (χ4n) is 2.71. The molecule has 0 bridgehead atoms. The minimum Gasteiger partial charge on any atom is -0.367 e. The number of benzene rings is 1. The summed E-state index contributed by atoms with van der Waals surface area (Å²) in [7, 11) is -3.19. The predicted molar refractivity (Wildman–Crippen MR) is 83.1 cm³/mol. The van der Waals surface area contributed by atoms with Crippen molar-refractivity contribution in [3.05, 3.63) is 24.3 Å². The number of nitrogens with zero attached hydrogens (tertiary/aromatic N) is 1. The molecule has 5 heteroatoms. The lowest BCUT2D eigenvalue weighted by Crippen LogP contribution is -2.57. The normalized spacial score (nSPS) is 19.1. The monoisotopic (exact) mass is 296 g/mol. The molecule has 4 nitrogen and oxygen atoms in total. The number of nitrogens with one attached hydrogen (secondary N) is 1. The molecule has 0 radical (unpaired) electrons. The van der Waals surface area contributed by atoms with Crippen LogP contribution in [0, 0.1) is 0 Å². The highest BCUT2D eigenvalue weighted by molar-refractivity contribution is 7.91. The highest BCUT2D eigenvalue weighted by Gasteiger charge is 2.29. The Morgan fingerprint density at radius 3 is 2.65 bits per heavy atom. The molecule has 0 spiro atoms. The Morgan fingerprint density at radius 2 is 2.00 bits per heavy atom. The zero-order valence-corrected chi connectivity index (χ0v) is 13.3. The number of hydrogen-bond donors (Lipinski definition) is 1. The summed E-state index contributed by atoms with van der Waals surface area (Å²) in [4.78, 5) is 2.65. The molecule has 20 heavy (non-hydrogen) atoms. The first-order chi connectivity index (χ1) is 9.36. The largest absolute Gasteiger partial charge is 0.367 e. The zero-order valence-electron chi connectivity index (χ0n) is 12.5. The third-order valence-electron chi connectivity index (χ3n) is 3.59. The summed E-state index contributed by atoms with van der Waals surface area (Å²) in [5.74, 6) is 0.208.